The van der Waals surface area contributed by atoms with Crippen LogP contribution < -0.4 is 5.32 Å². The molecule has 1 fully saturated rings. The quantitative estimate of drug-likeness (QED) is 0.758. The maximum Gasteiger partial charge on any atom is 0.317 e. The molecular formula is C14H26N2O3S. The van der Waals surface area contributed by atoms with Crippen LogP contribution in [0.2, 0.25) is 0 Å². The van der Waals surface area contributed by atoms with Gasteiger partial charge in [0.2, 0.25) is 0 Å². The average molecular weight is 302 g/mol. The molecule has 0 spiro atoms. The average Bonchev–Trinajstić information content (AvgIpc) is 2.44. The van der Waals surface area contributed by atoms with Gasteiger partial charge in [-0.3, -0.25) is 4.79 Å². The largest absolute Gasteiger partial charge is 0.481 e. The summed E-state index contributed by atoms with van der Waals surface area (Å²) in [5, 5.41) is 11.8. The lowest BCUT2D eigenvalue weighted by atomic mass is 9.93. The minimum Gasteiger partial charge on any atom is -0.481 e. The molecule has 6 heteroatoms. The second-order valence-electron chi connectivity index (χ2n) is 5.40. The molecule has 1 saturated heterocycles. The lowest BCUT2D eigenvalue weighted by Gasteiger charge is -2.33. The summed E-state index contributed by atoms with van der Waals surface area (Å²) in [6, 6.07) is 0.225. The van der Waals surface area contributed by atoms with Crippen molar-refractivity contribution < 1.29 is 14.7 Å². The number of carbonyl (C=O) groups is 2. The predicted molar refractivity (Wildman–Crippen MR) is 82.2 cm³/mol. The molecule has 1 aliphatic rings. The number of aliphatic carboxylic acids is 1. The molecule has 2 atom stereocenters. The summed E-state index contributed by atoms with van der Waals surface area (Å²) in [4.78, 5) is 24.7. The van der Waals surface area contributed by atoms with Crippen molar-refractivity contribution in [3.63, 3.8) is 0 Å². The van der Waals surface area contributed by atoms with Crippen molar-refractivity contribution in [1.82, 2.24) is 10.2 Å². The number of nitrogens with one attached hydrogen (secondary N) is 1. The van der Waals surface area contributed by atoms with Gasteiger partial charge in [0, 0.05) is 31.3 Å². The number of hydrogen-bond donors (Lipinski definition) is 2. The zero-order valence-corrected chi connectivity index (χ0v) is 13.2. The van der Waals surface area contributed by atoms with Gasteiger partial charge >= 0.3 is 12.0 Å². The van der Waals surface area contributed by atoms with Crippen LogP contribution in [-0.4, -0.2) is 53.1 Å². The number of piperidine rings is 1. The zero-order valence-electron chi connectivity index (χ0n) is 12.4. The number of nitrogens with zero attached hydrogens (tertiary/aromatic N) is 1. The van der Waals surface area contributed by atoms with Crippen molar-refractivity contribution in [3.8, 4) is 0 Å². The Balaban J connectivity index is 2.41. The molecule has 0 aromatic heterocycles. The van der Waals surface area contributed by atoms with Crippen molar-refractivity contribution in [2.45, 2.75) is 45.1 Å². The van der Waals surface area contributed by atoms with Crippen LogP contribution in [0.1, 0.15) is 39.0 Å². The van der Waals surface area contributed by atoms with E-state index >= 15 is 0 Å². The number of thioether (sulfide) groups is 1. The molecule has 1 heterocycles. The van der Waals surface area contributed by atoms with E-state index in [9.17, 15) is 9.59 Å². The first kappa shape index (κ1) is 17.1. The van der Waals surface area contributed by atoms with E-state index in [1.54, 1.807) is 11.8 Å². The number of likely N-dealkylation sites (tertiary alicyclic amines) is 1. The summed E-state index contributed by atoms with van der Waals surface area (Å²) in [5.41, 5.74) is 0. The molecule has 116 valence electrons. The molecule has 0 saturated carbocycles. The molecule has 0 radical (unpaired) electrons. The summed E-state index contributed by atoms with van der Waals surface area (Å²) in [6.07, 6.45) is 5.84. The van der Waals surface area contributed by atoms with Gasteiger partial charge in [0.05, 0.1) is 0 Å². The van der Waals surface area contributed by atoms with Crippen LogP contribution in [0.25, 0.3) is 0 Å². The van der Waals surface area contributed by atoms with Gasteiger partial charge < -0.3 is 15.3 Å². The lowest BCUT2D eigenvalue weighted by Crippen LogP contribution is -2.49. The Morgan fingerprint density at radius 1 is 1.50 bits per heavy atom. The standard InChI is InChI=1S/C14H26N2O3S/c1-3-12(10-20-2)15-14(19)16-8-4-5-11(9-16)6-7-13(17)18/h11-12H,3-10H2,1-2H3,(H,15,19)(H,17,18). The molecule has 5 nitrogen and oxygen atoms in total. The van der Waals surface area contributed by atoms with Gasteiger partial charge in [0.1, 0.15) is 0 Å². The van der Waals surface area contributed by atoms with Crippen molar-refractivity contribution in [3.05, 3.63) is 0 Å². The Kier molecular flexibility index (Phi) is 7.80. The number of carboxylic acid groups (broad SMARTS) is 1. The van der Waals surface area contributed by atoms with Crippen LogP contribution in [-0.2, 0) is 4.79 Å². The molecule has 1 rings (SSSR count). The van der Waals surface area contributed by atoms with E-state index in [0.717, 1.165) is 31.6 Å². The number of carboxylic acids is 1. The summed E-state index contributed by atoms with van der Waals surface area (Å²) in [7, 11) is 0. The van der Waals surface area contributed by atoms with Crippen LogP contribution in [0.4, 0.5) is 4.79 Å². The van der Waals surface area contributed by atoms with E-state index in [1.807, 2.05) is 11.2 Å². The van der Waals surface area contributed by atoms with Crippen LogP contribution in [0, 0.1) is 5.92 Å². The first-order chi connectivity index (χ1) is 9.56. The van der Waals surface area contributed by atoms with Crippen LogP contribution in [0.5, 0.6) is 0 Å². The molecule has 1 aliphatic heterocycles. The van der Waals surface area contributed by atoms with Crippen LogP contribution in [0.15, 0.2) is 0 Å². The smallest absolute Gasteiger partial charge is 0.317 e. The molecule has 2 unspecified atom stereocenters. The van der Waals surface area contributed by atoms with E-state index in [4.69, 9.17) is 5.11 Å². The summed E-state index contributed by atoms with van der Waals surface area (Å²) in [5.74, 6) is 0.502. The van der Waals surface area contributed by atoms with Crippen LogP contribution >= 0.6 is 11.8 Å². The molecule has 0 aromatic carbocycles. The fraction of sp³-hybridized carbons (Fsp3) is 0.857. The Labute approximate surface area is 125 Å². The Morgan fingerprint density at radius 3 is 2.85 bits per heavy atom. The topological polar surface area (TPSA) is 69.6 Å². The predicted octanol–water partition coefficient (Wildman–Crippen LogP) is 2.41. The van der Waals surface area contributed by atoms with E-state index in [1.165, 1.54) is 0 Å². The molecule has 0 aromatic rings. The SMILES string of the molecule is CCC(CSC)NC(=O)N1CCCC(CCC(=O)O)C1. The normalized spacial score (nSPS) is 20.5. The zero-order chi connectivity index (χ0) is 15.0. The van der Waals surface area contributed by atoms with Crippen molar-refractivity contribution in [1.29, 1.82) is 0 Å². The number of rotatable bonds is 7. The highest BCUT2D eigenvalue weighted by Crippen LogP contribution is 2.21. The maximum atomic E-state index is 12.2. The highest BCUT2D eigenvalue weighted by molar-refractivity contribution is 7.98. The third-order valence-corrected chi connectivity index (χ3v) is 4.50. The third-order valence-electron chi connectivity index (χ3n) is 3.76. The van der Waals surface area contributed by atoms with Gasteiger partial charge in [0.25, 0.3) is 0 Å². The van der Waals surface area contributed by atoms with Gasteiger partial charge in [-0.15, -0.1) is 0 Å². The molecule has 2 N–H and O–H groups in total. The molecular weight excluding hydrogens is 276 g/mol. The number of amides is 2. The van der Waals surface area contributed by atoms with Crippen molar-refractivity contribution in [2.75, 3.05) is 25.1 Å². The second kappa shape index (κ2) is 9.10. The molecule has 0 bridgehead atoms. The van der Waals surface area contributed by atoms with Gasteiger partial charge in [-0.1, -0.05) is 6.92 Å². The van der Waals surface area contributed by atoms with Crippen molar-refractivity contribution >= 4 is 23.8 Å². The van der Waals surface area contributed by atoms with E-state index < -0.39 is 5.97 Å². The van der Waals surface area contributed by atoms with Gasteiger partial charge in [0.15, 0.2) is 0 Å². The highest BCUT2D eigenvalue weighted by Gasteiger charge is 2.25. The lowest BCUT2D eigenvalue weighted by molar-refractivity contribution is -0.137. The molecule has 20 heavy (non-hydrogen) atoms. The summed E-state index contributed by atoms with van der Waals surface area (Å²) < 4.78 is 0. The third kappa shape index (κ3) is 6.03. The molecule has 2 amide bonds. The summed E-state index contributed by atoms with van der Waals surface area (Å²) in [6.45, 7) is 3.55. The van der Waals surface area contributed by atoms with E-state index in [0.29, 0.717) is 18.9 Å². The first-order valence-corrected chi connectivity index (χ1v) is 8.72. The fourth-order valence-electron chi connectivity index (χ4n) is 2.54. The maximum absolute atomic E-state index is 12.2. The number of urea groups is 1. The molecule has 0 aliphatic carbocycles. The Bertz CT molecular complexity index is 326. The van der Waals surface area contributed by atoms with E-state index in [-0.39, 0.29) is 18.5 Å². The first-order valence-electron chi connectivity index (χ1n) is 7.33. The minimum absolute atomic E-state index is 0.00549. The monoisotopic (exact) mass is 302 g/mol. The fourth-order valence-corrected chi connectivity index (χ4v) is 3.26. The number of hydrogen-bond acceptors (Lipinski definition) is 3. The van der Waals surface area contributed by atoms with Crippen LogP contribution in [0.3, 0.4) is 0 Å². The Hall–Kier alpha value is -0.910. The van der Waals surface area contributed by atoms with Crippen molar-refractivity contribution in [2.24, 2.45) is 5.92 Å². The number of carbonyl (C=O) groups excluding carboxylic acids is 1. The second-order valence-corrected chi connectivity index (χ2v) is 6.31. The van der Waals surface area contributed by atoms with Gasteiger partial charge in [-0.05, 0) is 37.9 Å². The summed E-state index contributed by atoms with van der Waals surface area (Å²) >= 11 is 1.74. The van der Waals surface area contributed by atoms with Gasteiger partial charge in [-0.25, -0.2) is 4.79 Å². The highest BCUT2D eigenvalue weighted by atomic mass is 32.2. The minimum atomic E-state index is -0.752. The Morgan fingerprint density at radius 2 is 2.25 bits per heavy atom. The van der Waals surface area contributed by atoms with Gasteiger partial charge in [-0.2, -0.15) is 11.8 Å². The van der Waals surface area contributed by atoms with E-state index in [2.05, 4.69) is 12.2 Å².